The number of nitrogens with two attached hydrogens (primary N) is 1. The van der Waals surface area contributed by atoms with Crippen molar-refractivity contribution in [3.63, 3.8) is 0 Å². The predicted octanol–water partition coefficient (Wildman–Crippen LogP) is 3.42. The van der Waals surface area contributed by atoms with Crippen LogP contribution in [0.1, 0.15) is 43.7 Å². The van der Waals surface area contributed by atoms with Crippen molar-refractivity contribution < 1.29 is 0 Å². The Morgan fingerprint density at radius 2 is 1.93 bits per heavy atom. The van der Waals surface area contributed by atoms with E-state index in [1.54, 1.807) is 6.20 Å². The average molecular weight is 367 g/mol. The molecule has 0 radical (unpaired) electrons. The van der Waals surface area contributed by atoms with Gasteiger partial charge in [-0.3, -0.25) is 0 Å². The Balaban J connectivity index is 1.51. The van der Waals surface area contributed by atoms with Crippen molar-refractivity contribution in [2.45, 2.75) is 44.1 Å². The van der Waals surface area contributed by atoms with Crippen molar-refractivity contribution in [2.75, 3.05) is 45.1 Å². The Labute approximate surface area is 164 Å². The second-order valence-corrected chi connectivity index (χ2v) is 8.57. The van der Waals surface area contributed by atoms with Crippen LogP contribution in [-0.2, 0) is 5.41 Å². The summed E-state index contributed by atoms with van der Waals surface area (Å²) in [7, 11) is 2.25. The van der Waals surface area contributed by atoms with Crippen molar-refractivity contribution in [1.29, 1.82) is 0 Å². The van der Waals surface area contributed by atoms with Crippen molar-refractivity contribution in [3.05, 3.63) is 47.7 Å². The normalized spacial score (nSPS) is 24.4. The van der Waals surface area contributed by atoms with E-state index < -0.39 is 0 Å². The van der Waals surface area contributed by atoms with Crippen LogP contribution in [0.3, 0.4) is 0 Å². The average Bonchev–Trinajstić information content (AvgIpc) is 3.05. The zero-order valence-electron chi connectivity index (χ0n) is 16.9. The largest absolute Gasteiger partial charge is 0.405 e. The fourth-order valence-electron chi connectivity index (χ4n) is 5.26. The van der Waals surface area contributed by atoms with E-state index in [9.17, 15) is 0 Å². The Kier molecular flexibility index (Phi) is 5.29. The maximum absolute atomic E-state index is 5.64. The number of piperidine rings is 2. The lowest BCUT2D eigenvalue weighted by Crippen LogP contribution is -2.50. The number of nitrogens with zero attached hydrogens (tertiary/aromatic N) is 2. The summed E-state index contributed by atoms with van der Waals surface area (Å²) < 4.78 is 0. The molecule has 4 rings (SSSR count). The van der Waals surface area contributed by atoms with Gasteiger partial charge >= 0.3 is 0 Å². The summed E-state index contributed by atoms with van der Waals surface area (Å²) in [6.07, 6.45) is 11.0. The molecule has 27 heavy (non-hydrogen) atoms. The van der Waals surface area contributed by atoms with Gasteiger partial charge in [-0.2, -0.15) is 0 Å². The van der Waals surface area contributed by atoms with Gasteiger partial charge in [-0.1, -0.05) is 12.1 Å². The second-order valence-electron chi connectivity index (χ2n) is 8.57. The highest BCUT2D eigenvalue weighted by atomic mass is 15.2. The molecule has 0 amide bonds. The monoisotopic (exact) mass is 366 g/mol. The zero-order valence-corrected chi connectivity index (χ0v) is 16.9. The SMILES string of the molecule is C/C=C(\C=C/N)c1ccc2c(c1)C1(CCN(C3CCN(C)CC3)CC1)CN2. The Bertz CT molecular complexity index is 720. The second kappa shape index (κ2) is 7.69. The van der Waals surface area contributed by atoms with Gasteiger partial charge < -0.3 is 20.9 Å². The molecule has 0 aromatic heterocycles. The fourth-order valence-corrected chi connectivity index (χ4v) is 5.26. The van der Waals surface area contributed by atoms with E-state index in [0.717, 1.165) is 12.6 Å². The van der Waals surface area contributed by atoms with Crippen LogP contribution < -0.4 is 11.1 Å². The smallest absolute Gasteiger partial charge is 0.0379 e. The van der Waals surface area contributed by atoms with Gasteiger partial charge in [0.2, 0.25) is 0 Å². The Morgan fingerprint density at radius 3 is 2.59 bits per heavy atom. The first-order valence-corrected chi connectivity index (χ1v) is 10.5. The van der Waals surface area contributed by atoms with Gasteiger partial charge in [0, 0.05) is 23.7 Å². The molecule has 0 bridgehead atoms. The molecule has 3 N–H and O–H groups in total. The minimum atomic E-state index is 0.304. The highest BCUT2D eigenvalue weighted by Gasteiger charge is 2.42. The molecule has 0 atom stereocenters. The quantitative estimate of drug-likeness (QED) is 0.805. The van der Waals surface area contributed by atoms with E-state index in [1.165, 1.54) is 74.2 Å². The zero-order chi connectivity index (χ0) is 18.9. The van der Waals surface area contributed by atoms with Gasteiger partial charge in [-0.15, -0.1) is 0 Å². The van der Waals surface area contributed by atoms with Crippen LogP contribution in [0, 0.1) is 0 Å². The molecule has 3 aliphatic rings. The third-order valence-corrected chi connectivity index (χ3v) is 7.09. The van der Waals surface area contributed by atoms with Crippen LogP contribution in [0.15, 0.2) is 36.6 Å². The number of benzene rings is 1. The lowest BCUT2D eigenvalue weighted by Gasteiger charge is -2.44. The molecule has 0 unspecified atom stereocenters. The number of hydrogen-bond donors (Lipinski definition) is 2. The van der Waals surface area contributed by atoms with Crippen LogP contribution in [0.25, 0.3) is 5.57 Å². The molecule has 3 heterocycles. The number of anilines is 1. The van der Waals surface area contributed by atoms with Crippen LogP contribution in [0.4, 0.5) is 5.69 Å². The molecular weight excluding hydrogens is 332 g/mol. The molecule has 0 saturated carbocycles. The molecule has 146 valence electrons. The number of allylic oxidation sites excluding steroid dienone is 3. The number of fused-ring (bicyclic) bond motifs is 2. The molecular formula is C23H34N4. The summed E-state index contributed by atoms with van der Waals surface area (Å²) >= 11 is 0. The topological polar surface area (TPSA) is 44.5 Å². The third-order valence-electron chi connectivity index (χ3n) is 7.09. The summed E-state index contributed by atoms with van der Waals surface area (Å²) in [6, 6.07) is 7.68. The van der Waals surface area contributed by atoms with Gasteiger partial charge in [0.1, 0.15) is 0 Å². The van der Waals surface area contributed by atoms with Gasteiger partial charge in [-0.05, 0) is 107 Å². The first kappa shape index (κ1) is 18.6. The van der Waals surface area contributed by atoms with Gasteiger partial charge in [-0.25, -0.2) is 0 Å². The number of rotatable bonds is 3. The predicted molar refractivity (Wildman–Crippen MR) is 115 cm³/mol. The van der Waals surface area contributed by atoms with Crippen molar-refractivity contribution >= 4 is 11.3 Å². The summed E-state index contributed by atoms with van der Waals surface area (Å²) in [4.78, 5) is 5.24. The Hall–Kier alpha value is -1.78. The van der Waals surface area contributed by atoms with E-state index in [4.69, 9.17) is 5.73 Å². The minimum Gasteiger partial charge on any atom is -0.405 e. The number of hydrogen-bond acceptors (Lipinski definition) is 4. The van der Waals surface area contributed by atoms with Crippen molar-refractivity contribution in [2.24, 2.45) is 5.73 Å². The molecule has 4 nitrogen and oxygen atoms in total. The summed E-state index contributed by atoms with van der Waals surface area (Å²) in [5.74, 6) is 0. The highest BCUT2D eigenvalue weighted by molar-refractivity contribution is 5.77. The summed E-state index contributed by atoms with van der Waals surface area (Å²) in [5.41, 5.74) is 11.3. The van der Waals surface area contributed by atoms with E-state index >= 15 is 0 Å². The van der Waals surface area contributed by atoms with Crippen LogP contribution in [0.2, 0.25) is 0 Å². The maximum Gasteiger partial charge on any atom is 0.0379 e. The van der Waals surface area contributed by atoms with Crippen LogP contribution in [-0.4, -0.2) is 55.6 Å². The van der Waals surface area contributed by atoms with E-state index in [2.05, 4.69) is 53.4 Å². The molecule has 1 aromatic rings. The first-order chi connectivity index (χ1) is 13.1. The fraction of sp³-hybridized carbons (Fsp3) is 0.565. The molecule has 2 saturated heterocycles. The molecule has 4 heteroatoms. The van der Waals surface area contributed by atoms with Gasteiger partial charge in [0.05, 0.1) is 0 Å². The molecule has 0 aliphatic carbocycles. The molecule has 1 spiro atoms. The van der Waals surface area contributed by atoms with Crippen molar-refractivity contribution in [3.8, 4) is 0 Å². The van der Waals surface area contributed by atoms with E-state index in [0.29, 0.717) is 5.41 Å². The van der Waals surface area contributed by atoms with Crippen molar-refractivity contribution in [1.82, 2.24) is 9.80 Å². The first-order valence-electron chi connectivity index (χ1n) is 10.5. The third kappa shape index (κ3) is 3.53. The highest BCUT2D eigenvalue weighted by Crippen LogP contribution is 2.45. The lowest BCUT2D eigenvalue weighted by atomic mass is 9.73. The Morgan fingerprint density at radius 1 is 1.19 bits per heavy atom. The maximum atomic E-state index is 5.64. The summed E-state index contributed by atoms with van der Waals surface area (Å²) in [6.45, 7) is 8.14. The van der Waals surface area contributed by atoms with E-state index in [1.807, 2.05) is 6.08 Å². The number of nitrogens with one attached hydrogen (secondary N) is 1. The lowest BCUT2D eigenvalue weighted by molar-refractivity contribution is 0.0791. The summed E-state index contributed by atoms with van der Waals surface area (Å²) in [5, 5.41) is 3.69. The van der Waals surface area contributed by atoms with Crippen LogP contribution in [0.5, 0.6) is 0 Å². The number of likely N-dealkylation sites (tertiary alicyclic amines) is 2. The molecule has 1 aromatic carbocycles. The molecule has 3 aliphatic heterocycles. The van der Waals surface area contributed by atoms with Crippen LogP contribution >= 0.6 is 0 Å². The van der Waals surface area contributed by atoms with Gasteiger partial charge in [0.25, 0.3) is 0 Å². The van der Waals surface area contributed by atoms with E-state index in [-0.39, 0.29) is 0 Å². The standard InChI is InChI=1S/C23H34N4/c1-3-18(6-11-24)19-4-5-22-21(16-19)23(17-25-22)9-14-27(15-10-23)20-7-12-26(2)13-8-20/h3-6,11,16,20,25H,7-10,12-15,17,24H2,1-2H3/b11-6-,18-3+. The minimum absolute atomic E-state index is 0.304. The van der Waals surface area contributed by atoms with Gasteiger partial charge in [0.15, 0.2) is 0 Å². The molecule has 2 fully saturated rings.